The molecular weight excluding hydrogens is 247 g/mol. The molecule has 0 aliphatic carbocycles. The Kier molecular flexibility index (Phi) is 3.46. The van der Waals surface area contributed by atoms with Crippen LogP contribution in [0.2, 0.25) is 0 Å². The summed E-state index contributed by atoms with van der Waals surface area (Å²) in [6, 6.07) is 4.85. The highest BCUT2D eigenvalue weighted by atomic mass is 19.1. The Hall–Kier alpha value is -1.13. The third-order valence-electron chi connectivity index (χ3n) is 4.31. The average molecular weight is 266 g/mol. The van der Waals surface area contributed by atoms with Crippen LogP contribution >= 0.6 is 0 Å². The zero-order valence-electron chi connectivity index (χ0n) is 11.0. The van der Waals surface area contributed by atoms with Crippen LogP contribution in [0.4, 0.5) is 4.39 Å². The van der Waals surface area contributed by atoms with Crippen LogP contribution in [0.1, 0.15) is 24.8 Å². The van der Waals surface area contributed by atoms with E-state index in [9.17, 15) is 9.50 Å². The van der Waals surface area contributed by atoms with Crippen molar-refractivity contribution in [3.63, 3.8) is 0 Å². The Bertz CT molecular complexity index is 463. The second-order valence-corrected chi connectivity index (χ2v) is 5.51. The second kappa shape index (κ2) is 5.10. The summed E-state index contributed by atoms with van der Waals surface area (Å²) in [6.07, 6.45) is 3.64. The smallest absolute Gasteiger partial charge is 0.165 e. The first-order chi connectivity index (χ1) is 9.17. The van der Waals surface area contributed by atoms with Gasteiger partial charge in [-0.3, -0.25) is 0 Å². The van der Waals surface area contributed by atoms with Gasteiger partial charge >= 0.3 is 0 Å². The summed E-state index contributed by atoms with van der Waals surface area (Å²) in [5.74, 6) is 0.0572. The average Bonchev–Trinajstić information content (AvgIpc) is 3.01. The summed E-state index contributed by atoms with van der Waals surface area (Å²) >= 11 is 0. The lowest BCUT2D eigenvalue weighted by Gasteiger charge is -2.24. The minimum atomic E-state index is -0.455. The molecule has 2 aliphatic rings. The Balaban J connectivity index is 1.66. The van der Waals surface area contributed by atoms with Crippen molar-refractivity contribution in [2.24, 2.45) is 5.92 Å². The normalized spacial score (nSPS) is 30.6. The first-order valence-corrected chi connectivity index (χ1v) is 6.83. The van der Waals surface area contributed by atoms with Crippen LogP contribution in [0.5, 0.6) is 5.75 Å². The van der Waals surface area contributed by atoms with E-state index in [0.717, 1.165) is 24.8 Å². The van der Waals surface area contributed by atoms with E-state index in [1.54, 1.807) is 12.1 Å². The number of aliphatic hydroxyl groups excluding tert-OH is 1. The van der Waals surface area contributed by atoms with Crippen molar-refractivity contribution in [3.8, 4) is 5.75 Å². The summed E-state index contributed by atoms with van der Waals surface area (Å²) in [6.45, 7) is 0. The van der Waals surface area contributed by atoms with E-state index >= 15 is 0 Å². The Morgan fingerprint density at radius 2 is 2.32 bits per heavy atom. The van der Waals surface area contributed by atoms with Gasteiger partial charge in [0.2, 0.25) is 0 Å². The van der Waals surface area contributed by atoms with Gasteiger partial charge in [0.15, 0.2) is 11.6 Å². The Morgan fingerprint density at radius 1 is 1.47 bits per heavy atom. The third kappa shape index (κ3) is 2.47. The van der Waals surface area contributed by atoms with Gasteiger partial charge in [-0.15, -0.1) is 0 Å². The number of fused-ring (bicyclic) bond motifs is 2. The standard InChI is InChI=1S/C15H19FO3/c1-18-15-4-2-9(6-12(15)16)7-13(17)11-8-10-3-5-14(11)19-10/h2,4,6,10-11,13-14,17H,3,5,7-8H2,1H3. The molecule has 2 aliphatic heterocycles. The molecule has 3 nitrogen and oxygen atoms in total. The minimum Gasteiger partial charge on any atom is -0.494 e. The summed E-state index contributed by atoms with van der Waals surface area (Å²) < 4.78 is 24.2. The van der Waals surface area contributed by atoms with E-state index in [1.807, 2.05) is 0 Å². The first kappa shape index (κ1) is 12.9. The van der Waals surface area contributed by atoms with Crippen molar-refractivity contribution in [1.29, 1.82) is 0 Å². The van der Waals surface area contributed by atoms with Gasteiger partial charge in [-0.05, 0) is 43.4 Å². The highest BCUT2D eigenvalue weighted by Gasteiger charge is 2.43. The number of methoxy groups -OCH3 is 1. The molecule has 1 aromatic carbocycles. The predicted molar refractivity (Wildman–Crippen MR) is 68.7 cm³/mol. The molecule has 1 N–H and O–H groups in total. The van der Waals surface area contributed by atoms with E-state index in [4.69, 9.17) is 9.47 Å². The van der Waals surface area contributed by atoms with Crippen LogP contribution in [-0.2, 0) is 11.2 Å². The maximum Gasteiger partial charge on any atom is 0.165 e. The lowest BCUT2D eigenvalue weighted by molar-refractivity contribution is 0.0431. The molecule has 4 unspecified atom stereocenters. The molecule has 0 radical (unpaired) electrons. The highest BCUT2D eigenvalue weighted by molar-refractivity contribution is 5.29. The number of benzene rings is 1. The van der Waals surface area contributed by atoms with Crippen LogP contribution in [0.3, 0.4) is 0 Å². The van der Waals surface area contributed by atoms with E-state index in [1.165, 1.54) is 13.2 Å². The second-order valence-electron chi connectivity index (χ2n) is 5.51. The quantitative estimate of drug-likeness (QED) is 0.909. The van der Waals surface area contributed by atoms with Gasteiger partial charge in [0.05, 0.1) is 25.4 Å². The molecule has 2 bridgehead atoms. The number of hydrogen-bond acceptors (Lipinski definition) is 3. The van der Waals surface area contributed by atoms with E-state index in [2.05, 4.69) is 0 Å². The van der Waals surface area contributed by atoms with Crippen LogP contribution < -0.4 is 4.74 Å². The van der Waals surface area contributed by atoms with Gasteiger partial charge < -0.3 is 14.6 Å². The number of aliphatic hydroxyl groups is 1. The highest BCUT2D eigenvalue weighted by Crippen LogP contribution is 2.41. The fraction of sp³-hybridized carbons (Fsp3) is 0.600. The van der Waals surface area contributed by atoms with Gasteiger partial charge in [-0.2, -0.15) is 0 Å². The van der Waals surface area contributed by atoms with Gasteiger partial charge in [0.25, 0.3) is 0 Å². The predicted octanol–water partition coefficient (Wildman–Crippen LogP) is 2.31. The SMILES string of the molecule is COc1ccc(CC(O)C2CC3CCC2O3)cc1F. The summed E-state index contributed by atoms with van der Waals surface area (Å²) in [5, 5.41) is 10.3. The number of halogens is 1. The molecule has 0 saturated carbocycles. The molecule has 2 saturated heterocycles. The molecule has 1 aromatic rings. The van der Waals surface area contributed by atoms with Gasteiger partial charge in [-0.25, -0.2) is 4.39 Å². The molecule has 19 heavy (non-hydrogen) atoms. The van der Waals surface area contributed by atoms with E-state index in [0.29, 0.717) is 12.5 Å². The largest absolute Gasteiger partial charge is 0.494 e. The van der Waals surface area contributed by atoms with Gasteiger partial charge in [0, 0.05) is 5.92 Å². The molecule has 0 amide bonds. The zero-order valence-corrected chi connectivity index (χ0v) is 11.0. The molecule has 3 rings (SSSR count). The summed E-state index contributed by atoms with van der Waals surface area (Å²) in [4.78, 5) is 0. The Labute approximate surface area is 112 Å². The van der Waals surface area contributed by atoms with Crippen molar-refractivity contribution in [3.05, 3.63) is 29.6 Å². The molecule has 2 fully saturated rings. The maximum atomic E-state index is 13.6. The van der Waals surface area contributed by atoms with Crippen molar-refractivity contribution < 1.29 is 19.0 Å². The van der Waals surface area contributed by atoms with Crippen LogP contribution in [0.25, 0.3) is 0 Å². The monoisotopic (exact) mass is 266 g/mol. The zero-order chi connectivity index (χ0) is 13.4. The summed E-state index contributed by atoms with van der Waals surface area (Å²) in [5.41, 5.74) is 0.800. The van der Waals surface area contributed by atoms with Crippen molar-refractivity contribution >= 4 is 0 Å². The maximum absolute atomic E-state index is 13.6. The number of rotatable bonds is 4. The topological polar surface area (TPSA) is 38.7 Å². The van der Waals surface area contributed by atoms with Crippen molar-refractivity contribution in [1.82, 2.24) is 0 Å². The minimum absolute atomic E-state index is 0.197. The fourth-order valence-electron chi connectivity index (χ4n) is 3.31. The van der Waals surface area contributed by atoms with Crippen molar-refractivity contribution in [2.45, 2.75) is 44.0 Å². The lowest BCUT2D eigenvalue weighted by atomic mass is 9.83. The molecule has 0 spiro atoms. The summed E-state index contributed by atoms with van der Waals surface area (Å²) in [7, 11) is 1.44. The van der Waals surface area contributed by atoms with Crippen molar-refractivity contribution in [2.75, 3.05) is 7.11 Å². The first-order valence-electron chi connectivity index (χ1n) is 6.83. The van der Waals surface area contributed by atoms with E-state index < -0.39 is 6.10 Å². The lowest BCUT2D eigenvalue weighted by Crippen LogP contribution is -2.30. The molecule has 2 heterocycles. The third-order valence-corrected chi connectivity index (χ3v) is 4.31. The van der Waals surface area contributed by atoms with E-state index in [-0.39, 0.29) is 23.6 Å². The number of hydrogen-bond donors (Lipinski definition) is 1. The molecule has 104 valence electrons. The molecule has 4 atom stereocenters. The fourth-order valence-corrected chi connectivity index (χ4v) is 3.31. The van der Waals surface area contributed by atoms with Crippen LogP contribution in [0.15, 0.2) is 18.2 Å². The Morgan fingerprint density at radius 3 is 2.89 bits per heavy atom. The van der Waals surface area contributed by atoms with Crippen LogP contribution in [-0.4, -0.2) is 30.5 Å². The number of ether oxygens (including phenoxy) is 2. The molecule has 4 heteroatoms. The molecule has 0 aromatic heterocycles. The molecular formula is C15H19FO3. The van der Waals surface area contributed by atoms with Crippen LogP contribution in [0, 0.1) is 11.7 Å². The van der Waals surface area contributed by atoms with Gasteiger partial charge in [-0.1, -0.05) is 6.07 Å². The van der Waals surface area contributed by atoms with Gasteiger partial charge in [0.1, 0.15) is 0 Å².